The Morgan fingerprint density at radius 2 is 1.89 bits per heavy atom. The predicted octanol–water partition coefficient (Wildman–Crippen LogP) is 2.60. The van der Waals surface area contributed by atoms with Crippen molar-refractivity contribution < 1.29 is 26.4 Å². The highest BCUT2D eigenvalue weighted by molar-refractivity contribution is 7.89. The van der Waals surface area contributed by atoms with Crippen molar-refractivity contribution >= 4 is 15.9 Å². The Bertz CT molecular complexity index is 869. The Labute approximate surface area is 157 Å². The molecule has 1 N–H and O–H groups in total. The van der Waals surface area contributed by atoms with Gasteiger partial charge in [-0.3, -0.25) is 4.79 Å². The van der Waals surface area contributed by atoms with Gasteiger partial charge < -0.3 is 4.90 Å². The van der Waals surface area contributed by atoms with Gasteiger partial charge in [0.15, 0.2) is 0 Å². The molecular weight excluding hydrogens is 381 g/mol. The molecule has 0 radical (unpaired) electrons. The van der Waals surface area contributed by atoms with Crippen molar-refractivity contribution in [2.45, 2.75) is 56.3 Å². The van der Waals surface area contributed by atoms with Gasteiger partial charge in [-0.2, -0.15) is 17.9 Å². The Balaban J connectivity index is 2.33. The highest BCUT2D eigenvalue weighted by Crippen LogP contribution is 2.27. The van der Waals surface area contributed by atoms with E-state index in [1.54, 1.807) is 19.9 Å². The SMILES string of the molecule is C#CC(CC)(CC)NS(=O)(=O)c1ccc2c(c1)CN(C(=O)C(F)(F)F)CC2. The Kier molecular flexibility index (Phi) is 5.92. The van der Waals surface area contributed by atoms with Gasteiger partial charge in [0.2, 0.25) is 10.0 Å². The van der Waals surface area contributed by atoms with Crippen molar-refractivity contribution in [3.8, 4) is 12.3 Å². The summed E-state index contributed by atoms with van der Waals surface area (Å²) in [4.78, 5) is 12.0. The van der Waals surface area contributed by atoms with Crippen molar-refractivity contribution in [1.82, 2.24) is 9.62 Å². The number of alkyl halides is 3. The van der Waals surface area contributed by atoms with E-state index in [1.807, 2.05) is 0 Å². The summed E-state index contributed by atoms with van der Waals surface area (Å²) in [6.07, 6.45) is 1.53. The lowest BCUT2D eigenvalue weighted by molar-refractivity contribution is -0.186. The molecule has 9 heteroatoms. The van der Waals surface area contributed by atoms with E-state index in [9.17, 15) is 26.4 Å². The number of nitrogens with zero attached hydrogens (tertiary/aromatic N) is 1. The minimum absolute atomic E-state index is 0.0679. The van der Waals surface area contributed by atoms with Gasteiger partial charge in [-0.25, -0.2) is 8.42 Å². The van der Waals surface area contributed by atoms with E-state index >= 15 is 0 Å². The van der Waals surface area contributed by atoms with Gasteiger partial charge in [0.05, 0.1) is 10.4 Å². The van der Waals surface area contributed by atoms with Crippen LogP contribution < -0.4 is 4.72 Å². The zero-order valence-electron chi connectivity index (χ0n) is 15.1. The van der Waals surface area contributed by atoms with Crippen LogP contribution in [0.3, 0.4) is 0 Å². The van der Waals surface area contributed by atoms with E-state index < -0.39 is 27.6 Å². The number of hydrogen-bond acceptors (Lipinski definition) is 3. The molecule has 27 heavy (non-hydrogen) atoms. The van der Waals surface area contributed by atoms with Gasteiger partial charge >= 0.3 is 12.1 Å². The van der Waals surface area contributed by atoms with Crippen LogP contribution in [0.1, 0.15) is 37.8 Å². The third-order valence-electron chi connectivity index (χ3n) is 4.84. The van der Waals surface area contributed by atoms with Crippen LogP contribution in [0.5, 0.6) is 0 Å². The number of benzene rings is 1. The Hall–Kier alpha value is -2.05. The van der Waals surface area contributed by atoms with E-state index in [0.717, 1.165) is 5.56 Å². The number of carbonyl (C=O) groups excluding carboxylic acids is 1. The number of nitrogens with one attached hydrogen (secondary N) is 1. The van der Waals surface area contributed by atoms with Crippen molar-refractivity contribution in [3.63, 3.8) is 0 Å². The zero-order valence-corrected chi connectivity index (χ0v) is 15.9. The molecular formula is C18H21F3N2O3S. The first-order valence-electron chi connectivity index (χ1n) is 8.47. The molecule has 0 saturated carbocycles. The van der Waals surface area contributed by atoms with E-state index in [-0.39, 0.29) is 24.4 Å². The van der Waals surface area contributed by atoms with Gasteiger partial charge in [-0.15, -0.1) is 6.42 Å². The number of terminal acetylenes is 1. The number of carbonyl (C=O) groups is 1. The van der Waals surface area contributed by atoms with Crippen LogP contribution in [0.25, 0.3) is 0 Å². The first-order valence-corrected chi connectivity index (χ1v) is 9.96. The number of halogens is 3. The third kappa shape index (κ3) is 4.45. The van der Waals surface area contributed by atoms with Crippen molar-refractivity contribution in [3.05, 3.63) is 29.3 Å². The zero-order chi connectivity index (χ0) is 20.5. The Morgan fingerprint density at radius 3 is 2.41 bits per heavy atom. The third-order valence-corrected chi connectivity index (χ3v) is 6.38. The van der Waals surface area contributed by atoms with Crippen LogP contribution in [0, 0.1) is 12.3 Å². The van der Waals surface area contributed by atoms with Crippen LogP contribution in [-0.2, 0) is 27.8 Å². The lowest BCUT2D eigenvalue weighted by Crippen LogP contribution is -2.46. The maximum atomic E-state index is 12.7. The van der Waals surface area contributed by atoms with E-state index in [1.165, 1.54) is 12.1 Å². The van der Waals surface area contributed by atoms with Crippen molar-refractivity contribution in [2.24, 2.45) is 0 Å². The molecule has 0 unspecified atom stereocenters. The number of amides is 1. The molecule has 148 valence electrons. The normalized spacial score (nSPS) is 15.2. The number of sulfonamides is 1. The molecule has 0 bridgehead atoms. The monoisotopic (exact) mass is 402 g/mol. The smallest absolute Gasteiger partial charge is 0.330 e. The first kappa shape index (κ1) is 21.3. The van der Waals surface area contributed by atoms with E-state index in [0.29, 0.717) is 23.3 Å². The summed E-state index contributed by atoms with van der Waals surface area (Å²) in [7, 11) is -3.97. The standard InChI is InChI=1S/C18H21F3N2O3S/c1-4-17(5-2,6-3)22-27(25,26)15-8-7-13-9-10-23(12-14(13)11-15)16(24)18(19,20)21/h1,7-8,11,22H,5-6,9-10,12H2,2-3H3. The Morgan fingerprint density at radius 1 is 1.26 bits per heavy atom. The minimum atomic E-state index is -4.96. The summed E-state index contributed by atoms with van der Waals surface area (Å²) >= 11 is 0. The van der Waals surface area contributed by atoms with Gasteiger partial charge in [-0.05, 0) is 42.5 Å². The summed E-state index contributed by atoms with van der Waals surface area (Å²) < 4.78 is 65.9. The van der Waals surface area contributed by atoms with Crippen LogP contribution in [0.2, 0.25) is 0 Å². The molecule has 1 aromatic rings. The molecule has 1 amide bonds. The molecule has 0 spiro atoms. The van der Waals surface area contributed by atoms with Gasteiger partial charge in [0, 0.05) is 13.1 Å². The van der Waals surface area contributed by atoms with Crippen LogP contribution in [-0.4, -0.2) is 37.5 Å². The average Bonchev–Trinajstić information content (AvgIpc) is 2.64. The summed E-state index contributed by atoms with van der Waals surface area (Å²) in [5.74, 6) is 0.546. The summed E-state index contributed by atoms with van der Waals surface area (Å²) in [5, 5.41) is 0. The fraction of sp³-hybridized carbons (Fsp3) is 0.500. The molecule has 0 fully saturated rings. The molecule has 0 saturated heterocycles. The van der Waals surface area contributed by atoms with Gasteiger partial charge in [0.25, 0.3) is 0 Å². The quantitative estimate of drug-likeness (QED) is 0.770. The summed E-state index contributed by atoms with van der Waals surface area (Å²) in [6.45, 7) is 3.17. The maximum absolute atomic E-state index is 12.7. The van der Waals surface area contributed by atoms with E-state index in [4.69, 9.17) is 6.42 Å². The topological polar surface area (TPSA) is 66.5 Å². The van der Waals surface area contributed by atoms with E-state index in [2.05, 4.69) is 10.6 Å². The highest BCUT2D eigenvalue weighted by atomic mass is 32.2. The second-order valence-corrected chi connectivity index (χ2v) is 8.13. The largest absolute Gasteiger partial charge is 0.471 e. The minimum Gasteiger partial charge on any atom is -0.330 e. The van der Waals surface area contributed by atoms with Crippen LogP contribution >= 0.6 is 0 Å². The van der Waals surface area contributed by atoms with Gasteiger partial charge in [-0.1, -0.05) is 25.8 Å². The molecule has 1 aliphatic rings. The number of hydrogen-bond donors (Lipinski definition) is 1. The second kappa shape index (κ2) is 7.52. The lowest BCUT2D eigenvalue weighted by atomic mass is 9.96. The molecule has 0 aromatic heterocycles. The molecule has 0 aliphatic carbocycles. The molecule has 5 nitrogen and oxygen atoms in total. The summed E-state index contributed by atoms with van der Waals surface area (Å²) in [6, 6.07) is 4.27. The second-order valence-electron chi connectivity index (χ2n) is 6.44. The molecule has 1 aromatic carbocycles. The number of rotatable bonds is 5. The van der Waals surface area contributed by atoms with Crippen molar-refractivity contribution in [1.29, 1.82) is 0 Å². The fourth-order valence-corrected chi connectivity index (χ4v) is 4.52. The summed E-state index contributed by atoms with van der Waals surface area (Å²) in [5.41, 5.74) is 0.0583. The van der Waals surface area contributed by atoms with Crippen molar-refractivity contribution in [2.75, 3.05) is 6.54 Å². The lowest BCUT2D eigenvalue weighted by Gasteiger charge is -2.30. The first-order chi connectivity index (χ1) is 12.5. The molecule has 1 heterocycles. The predicted molar refractivity (Wildman–Crippen MR) is 94.1 cm³/mol. The maximum Gasteiger partial charge on any atom is 0.471 e. The van der Waals surface area contributed by atoms with Gasteiger partial charge in [0.1, 0.15) is 0 Å². The highest BCUT2D eigenvalue weighted by Gasteiger charge is 2.43. The fourth-order valence-electron chi connectivity index (χ4n) is 3.00. The van der Waals surface area contributed by atoms with Crippen LogP contribution in [0.15, 0.2) is 23.1 Å². The molecule has 1 aliphatic heterocycles. The van der Waals surface area contributed by atoms with Crippen LogP contribution in [0.4, 0.5) is 13.2 Å². The molecule has 2 rings (SSSR count). The number of fused-ring (bicyclic) bond motifs is 1. The molecule has 0 atom stereocenters. The average molecular weight is 402 g/mol.